The topological polar surface area (TPSA) is 67.1 Å². The van der Waals surface area contributed by atoms with Crippen molar-refractivity contribution in [3.63, 3.8) is 0 Å². The largest absolute Gasteiger partial charge is 0.370 e. The number of aromatic nitrogens is 2. The van der Waals surface area contributed by atoms with E-state index in [-0.39, 0.29) is 0 Å². The number of nitrogens with two attached hydrogens (primary N) is 1. The van der Waals surface area contributed by atoms with E-state index in [0.29, 0.717) is 12.0 Å². The lowest BCUT2D eigenvalue weighted by molar-refractivity contribution is 0.376. The zero-order valence-electron chi connectivity index (χ0n) is 12.2. The summed E-state index contributed by atoms with van der Waals surface area (Å²) in [6.45, 7) is 8.66. The highest BCUT2D eigenvalue weighted by Gasteiger charge is 2.24. The summed E-state index contributed by atoms with van der Waals surface area (Å²) >= 11 is 0. The molecule has 0 bridgehead atoms. The third-order valence-electron chi connectivity index (χ3n) is 3.72. The fourth-order valence-corrected chi connectivity index (χ4v) is 2.69. The Kier molecular flexibility index (Phi) is 4.45. The minimum Gasteiger partial charge on any atom is -0.370 e. The van der Waals surface area contributed by atoms with Crippen LogP contribution in [0.2, 0.25) is 0 Å². The average molecular weight is 263 g/mol. The first kappa shape index (κ1) is 13.9. The Morgan fingerprint density at radius 1 is 1.42 bits per heavy atom. The van der Waals surface area contributed by atoms with Crippen LogP contribution in [0.3, 0.4) is 0 Å². The Bertz CT molecular complexity index is 420. The number of anilines is 3. The summed E-state index contributed by atoms with van der Waals surface area (Å²) in [6.07, 6.45) is 3.49. The van der Waals surface area contributed by atoms with Gasteiger partial charge in [-0.3, -0.25) is 0 Å². The molecule has 1 saturated heterocycles. The van der Waals surface area contributed by atoms with Crippen LogP contribution >= 0.6 is 0 Å². The average Bonchev–Trinajstić information content (AvgIpc) is 2.35. The van der Waals surface area contributed by atoms with Gasteiger partial charge >= 0.3 is 0 Å². The van der Waals surface area contributed by atoms with Crippen molar-refractivity contribution in [1.29, 1.82) is 0 Å². The van der Waals surface area contributed by atoms with E-state index in [1.165, 1.54) is 12.8 Å². The highest BCUT2D eigenvalue weighted by molar-refractivity contribution is 5.53. The first-order chi connectivity index (χ1) is 9.10. The maximum atomic E-state index is 5.82. The molecule has 1 fully saturated rings. The molecular weight excluding hydrogens is 238 g/mol. The zero-order chi connectivity index (χ0) is 13.8. The van der Waals surface area contributed by atoms with Gasteiger partial charge in [-0.05, 0) is 32.1 Å². The van der Waals surface area contributed by atoms with Crippen LogP contribution in [-0.2, 0) is 0 Å². The monoisotopic (exact) mass is 263 g/mol. The second-order valence-corrected chi connectivity index (χ2v) is 5.57. The predicted molar refractivity (Wildman–Crippen MR) is 80.4 cm³/mol. The van der Waals surface area contributed by atoms with Gasteiger partial charge in [-0.25, -0.2) is 0 Å². The van der Waals surface area contributed by atoms with E-state index in [0.717, 1.165) is 37.1 Å². The van der Waals surface area contributed by atoms with Crippen LogP contribution in [0.1, 0.15) is 40.0 Å². The Morgan fingerprint density at radius 3 is 2.89 bits per heavy atom. The van der Waals surface area contributed by atoms with Gasteiger partial charge in [-0.2, -0.15) is 9.97 Å². The molecule has 5 heteroatoms. The van der Waals surface area contributed by atoms with E-state index >= 15 is 0 Å². The molecule has 0 aliphatic carbocycles. The fourth-order valence-electron chi connectivity index (χ4n) is 2.69. The minimum absolute atomic E-state index is 0.349. The molecule has 0 amide bonds. The van der Waals surface area contributed by atoms with Crippen molar-refractivity contribution in [2.45, 2.75) is 46.1 Å². The summed E-state index contributed by atoms with van der Waals surface area (Å²) in [7, 11) is 0. The van der Waals surface area contributed by atoms with Crippen LogP contribution in [-0.4, -0.2) is 29.1 Å². The lowest BCUT2D eigenvalue weighted by atomic mass is 9.93. The third-order valence-corrected chi connectivity index (χ3v) is 3.72. The molecule has 0 aromatic carbocycles. The molecule has 19 heavy (non-hydrogen) atoms. The maximum Gasteiger partial charge on any atom is 0.223 e. The number of rotatable bonds is 4. The van der Waals surface area contributed by atoms with Crippen LogP contribution in [0.5, 0.6) is 0 Å². The molecule has 1 aliphatic rings. The van der Waals surface area contributed by atoms with Crippen molar-refractivity contribution in [3.05, 3.63) is 6.07 Å². The number of piperidine rings is 1. The van der Waals surface area contributed by atoms with Crippen molar-refractivity contribution >= 4 is 17.6 Å². The number of nitrogens with one attached hydrogen (secondary N) is 1. The van der Waals surface area contributed by atoms with E-state index in [1.807, 2.05) is 6.07 Å². The van der Waals surface area contributed by atoms with Gasteiger partial charge in [0.1, 0.15) is 11.6 Å². The summed E-state index contributed by atoms with van der Waals surface area (Å²) in [4.78, 5) is 11.0. The number of nitrogen functional groups attached to an aromatic ring is 1. The fraction of sp³-hybridized carbons (Fsp3) is 0.714. The van der Waals surface area contributed by atoms with Crippen molar-refractivity contribution in [3.8, 4) is 0 Å². The first-order valence-electron chi connectivity index (χ1n) is 7.25. The molecule has 2 heterocycles. The smallest absolute Gasteiger partial charge is 0.223 e. The molecule has 2 atom stereocenters. The van der Waals surface area contributed by atoms with Gasteiger partial charge in [0.2, 0.25) is 5.95 Å². The van der Waals surface area contributed by atoms with E-state index in [1.54, 1.807) is 0 Å². The quantitative estimate of drug-likeness (QED) is 0.873. The minimum atomic E-state index is 0.349. The molecule has 3 N–H and O–H groups in total. The van der Waals surface area contributed by atoms with E-state index in [4.69, 9.17) is 5.73 Å². The lowest BCUT2D eigenvalue weighted by Crippen LogP contribution is -2.40. The summed E-state index contributed by atoms with van der Waals surface area (Å²) in [5.41, 5.74) is 5.82. The van der Waals surface area contributed by atoms with Crippen LogP contribution in [0.4, 0.5) is 17.6 Å². The molecule has 1 aliphatic heterocycles. The molecule has 0 spiro atoms. The number of hydrogen-bond donors (Lipinski definition) is 2. The second kappa shape index (κ2) is 6.08. The van der Waals surface area contributed by atoms with Gasteiger partial charge in [0, 0.05) is 25.2 Å². The van der Waals surface area contributed by atoms with Crippen molar-refractivity contribution in [2.75, 3.05) is 29.0 Å². The van der Waals surface area contributed by atoms with Gasteiger partial charge in [-0.1, -0.05) is 13.8 Å². The Hall–Kier alpha value is -1.52. The maximum absolute atomic E-state index is 5.82. The molecule has 5 nitrogen and oxygen atoms in total. The SMILES string of the molecule is CCCNc1cc(N2CCC(C)CC2C)nc(N)n1. The molecule has 1 aromatic heterocycles. The van der Waals surface area contributed by atoms with Gasteiger partial charge < -0.3 is 16.0 Å². The molecule has 106 valence electrons. The molecular formula is C14H25N5. The molecule has 2 unspecified atom stereocenters. The van der Waals surface area contributed by atoms with E-state index in [2.05, 4.69) is 41.0 Å². The zero-order valence-corrected chi connectivity index (χ0v) is 12.2. The summed E-state index contributed by atoms with van der Waals surface area (Å²) in [5.74, 6) is 2.92. The summed E-state index contributed by atoms with van der Waals surface area (Å²) < 4.78 is 0. The van der Waals surface area contributed by atoms with Gasteiger partial charge in [0.05, 0.1) is 0 Å². The molecule has 1 aromatic rings. The number of nitrogens with zero attached hydrogens (tertiary/aromatic N) is 3. The first-order valence-corrected chi connectivity index (χ1v) is 7.25. The van der Waals surface area contributed by atoms with Gasteiger partial charge in [-0.15, -0.1) is 0 Å². The highest BCUT2D eigenvalue weighted by atomic mass is 15.2. The third kappa shape index (κ3) is 3.49. The molecule has 0 saturated carbocycles. The normalized spacial score (nSPS) is 23.4. The summed E-state index contributed by atoms with van der Waals surface area (Å²) in [5, 5.41) is 3.28. The Balaban J connectivity index is 2.16. The predicted octanol–water partition coefficient (Wildman–Crippen LogP) is 2.51. The van der Waals surface area contributed by atoms with Crippen molar-refractivity contribution in [1.82, 2.24) is 9.97 Å². The highest BCUT2D eigenvalue weighted by Crippen LogP contribution is 2.27. The standard InChI is InChI=1S/C14H25N5/c1-4-6-16-12-9-13(18-14(15)17-12)19-7-5-10(2)8-11(19)3/h9-11H,4-8H2,1-3H3,(H3,15,16,17,18). The number of hydrogen-bond acceptors (Lipinski definition) is 5. The molecule has 2 rings (SSSR count). The van der Waals surface area contributed by atoms with Crippen molar-refractivity contribution < 1.29 is 0 Å². The van der Waals surface area contributed by atoms with E-state index < -0.39 is 0 Å². The van der Waals surface area contributed by atoms with Crippen LogP contribution in [0.15, 0.2) is 6.07 Å². The van der Waals surface area contributed by atoms with Crippen LogP contribution in [0, 0.1) is 5.92 Å². The van der Waals surface area contributed by atoms with Gasteiger partial charge in [0.15, 0.2) is 0 Å². The molecule has 0 radical (unpaired) electrons. The van der Waals surface area contributed by atoms with Crippen LogP contribution < -0.4 is 16.0 Å². The van der Waals surface area contributed by atoms with Crippen molar-refractivity contribution in [2.24, 2.45) is 5.92 Å². The van der Waals surface area contributed by atoms with Crippen LogP contribution in [0.25, 0.3) is 0 Å². The van der Waals surface area contributed by atoms with E-state index in [9.17, 15) is 0 Å². The Morgan fingerprint density at radius 2 is 2.21 bits per heavy atom. The second-order valence-electron chi connectivity index (χ2n) is 5.57. The lowest BCUT2D eigenvalue weighted by Gasteiger charge is -2.37. The summed E-state index contributed by atoms with van der Waals surface area (Å²) in [6, 6.07) is 2.52. The Labute approximate surface area is 115 Å². The van der Waals surface area contributed by atoms with Gasteiger partial charge in [0.25, 0.3) is 0 Å².